The Labute approximate surface area is 98.7 Å². The average molecular weight is 231 g/mol. The van der Waals surface area contributed by atoms with E-state index in [0.717, 1.165) is 0 Å². The second-order valence-electron chi connectivity index (χ2n) is 3.75. The van der Waals surface area contributed by atoms with Crippen molar-refractivity contribution >= 4 is 5.91 Å². The summed E-state index contributed by atoms with van der Waals surface area (Å²) in [5, 5.41) is 0. The first-order chi connectivity index (χ1) is 8.13. The van der Waals surface area contributed by atoms with Gasteiger partial charge in [-0.05, 0) is 13.0 Å². The highest BCUT2D eigenvalue weighted by atomic mass is 16.2. The molecule has 5 nitrogen and oxygen atoms in total. The third-order valence-electron chi connectivity index (χ3n) is 2.63. The maximum atomic E-state index is 12.1. The van der Waals surface area contributed by atoms with Gasteiger partial charge in [0.2, 0.25) is 0 Å². The molecule has 1 aromatic rings. The van der Waals surface area contributed by atoms with Gasteiger partial charge in [0.05, 0.1) is 6.33 Å². The molecule has 88 valence electrons. The summed E-state index contributed by atoms with van der Waals surface area (Å²) in [6.45, 7) is 6.85. The molecular formula is C12H13N3O2. The molecule has 0 N–H and O–H groups in total. The number of carbonyl (C=O) groups excluding carboxylic acids is 1. The summed E-state index contributed by atoms with van der Waals surface area (Å²) < 4.78 is 1.68. The highest BCUT2D eigenvalue weighted by Crippen LogP contribution is 2.15. The van der Waals surface area contributed by atoms with Crippen molar-refractivity contribution in [3.8, 4) is 0 Å². The van der Waals surface area contributed by atoms with Crippen molar-refractivity contribution in [3.05, 3.63) is 52.9 Å². The van der Waals surface area contributed by atoms with Gasteiger partial charge in [0.1, 0.15) is 5.69 Å². The minimum absolute atomic E-state index is 0.209. The van der Waals surface area contributed by atoms with Crippen LogP contribution in [0.4, 0.5) is 0 Å². The molecule has 5 heteroatoms. The fraction of sp³-hybridized carbons (Fsp3) is 0.250. The lowest BCUT2D eigenvalue weighted by Gasteiger charge is -2.29. The molecule has 0 saturated heterocycles. The number of nitrogens with zero attached hydrogens (tertiary/aromatic N) is 3. The lowest BCUT2D eigenvalue weighted by atomic mass is 10.2. The third kappa shape index (κ3) is 2.04. The van der Waals surface area contributed by atoms with Gasteiger partial charge in [-0.25, -0.2) is 0 Å². The van der Waals surface area contributed by atoms with Crippen molar-refractivity contribution in [1.29, 1.82) is 0 Å². The van der Waals surface area contributed by atoms with Gasteiger partial charge in [-0.3, -0.25) is 9.59 Å². The maximum Gasteiger partial charge on any atom is 0.275 e. The predicted molar refractivity (Wildman–Crippen MR) is 63.5 cm³/mol. The van der Waals surface area contributed by atoms with E-state index in [1.54, 1.807) is 15.5 Å². The zero-order valence-electron chi connectivity index (χ0n) is 9.59. The van der Waals surface area contributed by atoms with Crippen LogP contribution in [0.2, 0.25) is 0 Å². The summed E-state index contributed by atoms with van der Waals surface area (Å²) in [5.41, 5.74) is 0.595. The zero-order chi connectivity index (χ0) is 12.4. The minimum Gasteiger partial charge on any atom is -0.326 e. The molecule has 0 spiro atoms. The fourth-order valence-electron chi connectivity index (χ4n) is 1.79. The molecule has 17 heavy (non-hydrogen) atoms. The Balaban J connectivity index is 2.39. The van der Waals surface area contributed by atoms with Gasteiger partial charge in [0, 0.05) is 24.9 Å². The summed E-state index contributed by atoms with van der Waals surface area (Å²) in [4.78, 5) is 28.5. The molecule has 2 rings (SSSR count). The van der Waals surface area contributed by atoms with E-state index in [4.69, 9.17) is 0 Å². The molecule has 0 radical (unpaired) electrons. The van der Waals surface area contributed by atoms with E-state index in [-0.39, 0.29) is 5.91 Å². The van der Waals surface area contributed by atoms with Gasteiger partial charge in [-0.15, -0.1) is 0 Å². The summed E-state index contributed by atoms with van der Waals surface area (Å²) in [7, 11) is 0. The quantitative estimate of drug-likeness (QED) is 0.707. The van der Waals surface area contributed by atoms with Crippen molar-refractivity contribution in [2.75, 3.05) is 6.54 Å². The van der Waals surface area contributed by atoms with E-state index in [1.807, 2.05) is 13.0 Å². The lowest BCUT2D eigenvalue weighted by Crippen LogP contribution is -2.40. The molecule has 0 unspecified atom stereocenters. The van der Waals surface area contributed by atoms with E-state index in [0.29, 0.717) is 24.5 Å². The predicted octanol–water partition coefficient (Wildman–Crippen LogP) is 0.789. The second kappa shape index (κ2) is 4.37. The molecule has 0 bridgehead atoms. The average Bonchev–Trinajstić information content (AvgIpc) is 2.30. The molecule has 0 atom stereocenters. The summed E-state index contributed by atoms with van der Waals surface area (Å²) >= 11 is 0. The van der Waals surface area contributed by atoms with Crippen LogP contribution in [0.5, 0.6) is 0 Å². The van der Waals surface area contributed by atoms with Crippen LogP contribution in [-0.2, 0) is 6.54 Å². The van der Waals surface area contributed by atoms with E-state index < -0.39 is 5.56 Å². The van der Waals surface area contributed by atoms with E-state index in [9.17, 15) is 9.59 Å². The number of amides is 1. The van der Waals surface area contributed by atoms with Crippen LogP contribution < -0.4 is 5.56 Å². The first kappa shape index (κ1) is 11.3. The molecule has 0 fully saturated rings. The van der Waals surface area contributed by atoms with Crippen LogP contribution in [0.1, 0.15) is 17.4 Å². The Bertz CT molecular complexity index is 557. The zero-order valence-corrected chi connectivity index (χ0v) is 9.59. The largest absolute Gasteiger partial charge is 0.326 e. The van der Waals surface area contributed by atoms with Gasteiger partial charge in [-0.1, -0.05) is 12.7 Å². The van der Waals surface area contributed by atoms with Crippen molar-refractivity contribution in [3.63, 3.8) is 0 Å². The van der Waals surface area contributed by atoms with Crippen LogP contribution in [0.3, 0.4) is 0 Å². The van der Waals surface area contributed by atoms with Crippen molar-refractivity contribution in [2.24, 2.45) is 0 Å². The molecule has 1 aliphatic rings. The maximum absolute atomic E-state index is 12.1. The SMILES string of the molecule is C=C(/C=C\C)N1CCn2cnc(=O)cc2C1=O. The topological polar surface area (TPSA) is 55.2 Å². The van der Waals surface area contributed by atoms with Crippen LogP contribution >= 0.6 is 0 Å². The van der Waals surface area contributed by atoms with E-state index >= 15 is 0 Å². The van der Waals surface area contributed by atoms with Gasteiger partial charge < -0.3 is 9.47 Å². The molecule has 1 aliphatic heterocycles. The summed E-state index contributed by atoms with van der Waals surface area (Å²) in [6.07, 6.45) is 5.00. The van der Waals surface area contributed by atoms with Crippen LogP contribution in [0.25, 0.3) is 0 Å². The Morgan fingerprint density at radius 1 is 1.47 bits per heavy atom. The van der Waals surface area contributed by atoms with Crippen molar-refractivity contribution in [1.82, 2.24) is 14.5 Å². The number of carbonyl (C=O) groups is 1. The highest BCUT2D eigenvalue weighted by Gasteiger charge is 2.24. The highest BCUT2D eigenvalue weighted by molar-refractivity contribution is 5.94. The number of rotatable bonds is 2. The fourth-order valence-corrected chi connectivity index (χ4v) is 1.79. The molecule has 1 amide bonds. The standard InChI is InChI=1S/C12H13N3O2/c1-3-4-9(2)15-6-5-14-8-13-11(16)7-10(14)12(15)17/h3-4,7-8H,2,5-6H2,1H3/b4-3-. The number of hydrogen-bond acceptors (Lipinski definition) is 3. The molecule has 2 heterocycles. The molecule has 1 aromatic heterocycles. The van der Waals surface area contributed by atoms with Crippen LogP contribution in [0.15, 0.2) is 41.6 Å². The van der Waals surface area contributed by atoms with Crippen LogP contribution in [-0.4, -0.2) is 26.9 Å². The van der Waals surface area contributed by atoms with Gasteiger partial charge in [0.15, 0.2) is 0 Å². The number of hydrogen-bond donors (Lipinski definition) is 0. The first-order valence-electron chi connectivity index (χ1n) is 5.33. The monoisotopic (exact) mass is 231 g/mol. The molecule has 0 aromatic carbocycles. The Kier molecular flexibility index (Phi) is 2.91. The molecular weight excluding hydrogens is 218 g/mol. The summed E-state index contributed by atoms with van der Waals surface area (Å²) in [6, 6.07) is 1.26. The second-order valence-corrected chi connectivity index (χ2v) is 3.75. The van der Waals surface area contributed by atoms with Gasteiger partial charge in [-0.2, -0.15) is 4.98 Å². The van der Waals surface area contributed by atoms with E-state index in [1.165, 1.54) is 12.4 Å². The molecule has 0 aliphatic carbocycles. The van der Waals surface area contributed by atoms with Gasteiger partial charge >= 0.3 is 0 Å². The number of allylic oxidation sites excluding steroid dienone is 2. The number of fused-ring (bicyclic) bond motifs is 1. The van der Waals surface area contributed by atoms with Crippen molar-refractivity contribution < 1.29 is 4.79 Å². The number of aromatic nitrogens is 2. The Morgan fingerprint density at radius 2 is 2.24 bits per heavy atom. The first-order valence-corrected chi connectivity index (χ1v) is 5.33. The Hall–Kier alpha value is -2.17. The molecule has 0 saturated carbocycles. The smallest absolute Gasteiger partial charge is 0.275 e. The lowest BCUT2D eigenvalue weighted by molar-refractivity contribution is 0.0764. The Morgan fingerprint density at radius 3 is 2.94 bits per heavy atom. The normalized spacial score (nSPS) is 15.1. The van der Waals surface area contributed by atoms with Gasteiger partial charge in [0.25, 0.3) is 11.5 Å². The van der Waals surface area contributed by atoms with Crippen molar-refractivity contribution in [2.45, 2.75) is 13.5 Å². The van der Waals surface area contributed by atoms with Crippen LogP contribution in [0, 0.1) is 0 Å². The third-order valence-corrected chi connectivity index (χ3v) is 2.63. The summed E-state index contributed by atoms with van der Waals surface area (Å²) in [5.74, 6) is -0.209. The minimum atomic E-state index is -0.400. The van der Waals surface area contributed by atoms with E-state index in [2.05, 4.69) is 11.6 Å².